The quantitative estimate of drug-likeness (QED) is 0.754. The van der Waals surface area contributed by atoms with Crippen molar-refractivity contribution in [3.05, 3.63) is 34.0 Å². The third-order valence-electron chi connectivity index (χ3n) is 2.29. The number of ketones is 1. The zero-order valence-corrected chi connectivity index (χ0v) is 9.74. The zero-order chi connectivity index (χ0) is 12.3. The van der Waals surface area contributed by atoms with Crippen LogP contribution in [-0.2, 0) is 0 Å². The second kappa shape index (κ2) is 4.75. The second-order valence-corrected chi connectivity index (χ2v) is 3.54. The van der Waals surface area contributed by atoms with Crippen LogP contribution in [0.3, 0.4) is 0 Å². The summed E-state index contributed by atoms with van der Waals surface area (Å²) in [5.74, 6) is -0.392. The summed E-state index contributed by atoms with van der Waals surface area (Å²) in [6, 6.07) is 0. The number of nitrogens with zero attached hydrogens (tertiary/aromatic N) is 1. The number of allylic oxidation sites excluding steroid dienone is 2. The van der Waals surface area contributed by atoms with E-state index in [-0.39, 0.29) is 17.2 Å². The molecular formula is C13H15NO2. The average Bonchev–Trinajstić information content (AvgIpc) is 2.23. The predicted octanol–water partition coefficient (Wildman–Crippen LogP) is 1.07. The molecule has 0 aliphatic heterocycles. The molecule has 0 saturated carbocycles. The second-order valence-electron chi connectivity index (χ2n) is 3.54. The fraction of sp³-hybridized carbons (Fsp3) is 0.231. The molecule has 1 aromatic heterocycles. The Morgan fingerprint density at radius 1 is 1.50 bits per heavy atom. The molecule has 0 radical (unpaired) electrons. The van der Waals surface area contributed by atoms with Gasteiger partial charge in [0.05, 0.1) is 0 Å². The van der Waals surface area contributed by atoms with Crippen LogP contribution < -0.4 is 10.4 Å². The molecule has 0 spiro atoms. The summed E-state index contributed by atoms with van der Waals surface area (Å²) in [6.07, 6.45) is 5.52. The molecule has 1 rings (SSSR count). The maximum absolute atomic E-state index is 11.2. The minimum absolute atomic E-state index is 0.0835. The lowest BCUT2D eigenvalue weighted by Gasteiger charge is -2.03. The van der Waals surface area contributed by atoms with Gasteiger partial charge in [-0.3, -0.25) is 4.79 Å². The molecule has 0 aromatic carbocycles. The minimum Gasteiger partial charge on any atom is -0.505 e. The summed E-state index contributed by atoms with van der Waals surface area (Å²) in [7, 11) is 0. The Bertz CT molecular complexity index is 556. The highest BCUT2D eigenvalue weighted by molar-refractivity contribution is 5.94. The van der Waals surface area contributed by atoms with Crippen molar-refractivity contribution in [1.82, 2.24) is 4.98 Å². The van der Waals surface area contributed by atoms with E-state index in [1.165, 1.54) is 6.92 Å². The molecule has 0 aliphatic carbocycles. The van der Waals surface area contributed by atoms with Gasteiger partial charge in [-0.2, -0.15) is 0 Å². The lowest BCUT2D eigenvalue weighted by atomic mass is 10.1. The summed E-state index contributed by atoms with van der Waals surface area (Å²) in [6.45, 7) is 8.82. The van der Waals surface area contributed by atoms with Crippen LogP contribution in [-0.4, -0.2) is 15.9 Å². The first-order valence-corrected chi connectivity index (χ1v) is 5.01. The van der Waals surface area contributed by atoms with Gasteiger partial charge in [-0.25, -0.2) is 4.98 Å². The van der Waals surface area contributed by atoms with Gasteiger partial charge in [0.15, 0.2) is 11.5 Å². The minimum atomic E-state index is -0.261. The van der Waals surface area contributed by atoms with Gasteiger partial charge in [-0.15, -0.1) is 0 Å². The van der Waals surface area contributed by atoms with Crippen molar-refractivity contribution in [2.75, 3.05) is 0 Å². The van der Waals surface area contributed by atoms with Crippen LogP contribution in [0.4, 0.5) is 0 Å². The van der Waals surface area contributed by atoms with E-state index in [9.17, 15) is 9.90 Å². The average molecular weight is 217 g/mol. The van der Waals surface area contributed by atoms with Crippen molar-refractivity contribution in [2.24, 2.45) is 0 Å². The van der Waals surface area contributed by atoms with Gasteiger partial charge >= 0.3 is 0 Å². The molecule has 1 N–H and O–H groups in total. The highest BCUT2D eigenvalue weighted by Crippen LogP contribution is 2.07. The molecule has 0 aliphatic rings. The fourth-order valence-electron chi connectivity index (χ4n) is 1.43. The number of carbonyl (C=O) groups excluding carboxylic acids is 1. The molecular weight excluding hydrogens is 202 g/mol. The van der Waals surface area contributed by atoms with Gasteiger partial charge in [0, 0.05) is 23.1 Å². The summed E-state index contributed by atoms with van der Waals surface area (Å²) in [4.78, 5) is 15.3. The number of aromatic nitrogens is 1. The van der Waals surface area contributed by atoms with E-state index in [2.05, 4.69) is 11.6 Å². The smallest absolute Gasteiger partial charge is 0.181 e. The van der Waals surface area contributed by atoms with Crippen LogP contribution in [0, 0.1) is 6.92 Å². The Kier molecular flexibility index (Phi) is 3.61. The third kappa shape index (κ3) is 2.19. The first kappa shape index (κ1) is 12.2. The van der Waals surface area contributed by atoms with E-state index >= 15 is 0 Å². The van der Waals surface area contributed by atoms with Gasteiger partial charge in [0.2, 0.25) is 0 Å². The van der Waals surface area contributed by atoms with Gasteiger partial charge < -0.3 is 5.11 Å². The predicted molar refractivity (Wildman–Crippen MR) is 64.7 cm³/mol. The summed E-state index contributed by atoms with van der Waals surface area (Å²) in [5, 5.41) is 11.0. The van der Waals surface area contributed by atoms with Gasteiger partial charge in [0.25, 0.3) is 0 Å². The maximum atomic E-state index is 11.2. The van der Waals surface area contributed by atoms with Crippen LogP contribution in [0.25, 0.3) is 12.7 Å². The van der Waals surface area contributed by atoms with Crippen molar-refractivity contribution < 1.29 is 9.90 Å². The SMILES string of the molecule is C=c1c(O)c(C(C)=O)nc(C)/c1=C/C=C\C. The van der Waals surface area contributed by atoms with Crippen LogP contribution in [0.2, 0.25) is 0 Å². The lowest BCUT2D eigenvalue weighted by molar-refractivity contribution is 0.101. The number of hydrogen-bond acceptors (Lipinski definition) is 3. The van der Waals surface area contributed by atoms with Crippen molar-refractivity contribution in [2.45, 2.75) is 20.8 Å². The zero-order valence-electron chi connectivity index (χ0n) is 9.74. The van der Waals surface area contributed by atoms with Crippen molar-refractivity contribution in [3.8, 4) is 5.75 Å². The van der Waals surface area contributed by atoms with Crippen molar-refractivity contribution in [1.29, 1.82) is 0 Å². The fourth-order valence-corrected chi connectivity index (χ4v) is 1.43. The van der Waals surface area contributed by atoms with E-state index in [0.29, 0.717) is 10.9 Å². The topological polar surface area (TPSA) is 50.2 Å². The number of pyridine rings is 1. The third-order valence-corrected chi connectivity index (χ3v) is 2.29. The molecule has 1 aromatic rings. The van der Waals surface area contributed by atoms with E-state index in [1.54, 1.807) is 6.92 Å². The maximum Gasteiger partial charge on any atom is 0.181 e. The number of carbonyl (C=O) groups is 1. The van der Waals surface area contributed by atoms with Crippen LogP contribution in [0.5, 0.6) is 5.75 Å². The summed E-state index contributed by atoms with van der Waals surface area (Å²) < 4.78 is 0. The van der Waals surface area contributed by atoms with Crippen LogP contribution in [0.1, 0.15) is 30.0 Å². The van der Waals surface area contributed by atoms with Gasteiger partial charge in [0.1, 0.15) is 5.69 Å². The molecule has 3 nitrogen and oxygen atoms in total. The first-order valence-electron chi connectivity index (χ1n) is 5.01. The Morgan fingerprint density at radius 3 is 2.62 bits per heavy atom. The monoisotopic (exact) mass is 217 g/mol. The van der Waals surface area contributed by atoms with Crippen LogP contribution >= 0.6 is 0 Å². The summed E-state index contributed by atoms with van der Waals surface area (Å²) in [5.41, 5.74) is 0.770. The molecule has 1 heterocycles. The molecule has 84 valence electrons. The van der Waals surface area contributed by atoms with Gasteiger partial charge in [-0.05, 0) is 13.8 Å². The molecule has 0 bridgehead atoms. The number of aromatic hydroxyl groups is 1. The normalized spacial score (nSPS) is 12.3. The number of aryl methyl sites for hydroxylation is 1. The molecule has 16 heavy (non-hydrogen) atoms. The Morgan fingerprint density at radius 2 is 2.12 bits per heavy atom. The number of rotatable bonds is 2. The molecule has 0 atom stereocenters. The molecule has 0 fully saturated rings. The largest absolute Gasteiger partial charge is 0.505 e. The number of Topliss-reactive ketones (excluding diaryl/α,β-unsaturated/α-hetero) is 1. The van der Waals surface area contributed by atoms with E-state index in [1.807, 2.05) is 25.2 Å². The molecule has 0 amide bonds. The van der Waals surface area contributed by atoms with Gasteiger partial charge in [-0.1, -0.05) is 24.8 Å². The summed E-state index contributed by atoms with van der Waals surface area (Å²) >= 11 is 0. The Balaban J connectivity index is 3.66. The highest BCUT2D eigenvalue weighted by atomic mass is 16.3. The van der Waals surface area contributed by atoms with E-state index in [0.717, 1.165) is 5.22 Å². The lowest BCUT2D eigenvalue weighted by Crippen LogP contribution is -2.29. The first-order chi connectivity index (χ1) is 7.49. The standard InChI is InChI=1S/C13H15NO2/c1-5-6-7-11-8(2)13(16)12(10(4)15)14-9(11)3/h5-7,16H,2H2,1,3-4H3/b6-5-,11-7+. The molecule has 0 saturated heterocycles. The molecule has 0 unspecified atom stereocenters. The van der Waals surface area contributed by atoms with E-state index in [4.69, 9.17) is 0 Å². The van der Waals surface area contributed by atoms with Crippen molar-refractivity contribution >= 4 is 18.4 Å². The van der Waals surface area contributed by atoms with Crippen LogP contribution in [0.15, 0.2) is 12.2 Å². The molecule has 3 heteroatoms. The van der Waals surface area contributed by atoms with E-state index < -0.39 is 0 Å². The Labute approximate surface area is 94.5 Å². The van der Waals surface area contributed by atoms with Crippen molar-refractivity contribution in [3.63, 3.8) is 0 Å². The number of hydrogen-bond donors (Lipinski definition) is 1. The Hall–Kier alpha value is -1.90. The highest BCUT2D eigenvalue weighted by Gasteiger charge is 2.10.